The van der Waals surface area contributed by atoms with Crippen molar-refractivity contribution >= 4 is 16.0 Å². The number of benzene rings is 1. The van der Waals surface area contributed by atoms with Crippen molar-refractivity contribution in [1.29, 1.82) is 0 Å². The van der Waals surface area contributed by atoms with Crippen LogP contribution in [0.25, 0.3) is 0 Å². The van der Waals surface area contributed by atoms with Gasteiger partial charge in [0.15, 0.2) is 0 Å². The van der Waals surface area contributed by atoms with Gasteiger partial charge in [-0.3, -0.25) is 4.79 Å². The van der Waals surface area contributed by atoms with Crippen LogP contribution in [0.2, 0.25) is 0 Å². The fraction of sp³-hybridized carbons (Fsp3) is 0.417. The molecule has 0 aromatic heterocycles. The maximum absolute atomic E-state index is 13.5. The quantitative estimate of drug-likeness (QED) is 0.831. The molecule has 1 rings (SSSR count). The molecule has 7 heteroatoms. The molecule has 0 aliphatic rings. The molecule has 5 nitrogen and oxygen atoms in total. The van der Waals surface area contributed by atoms with E-state index in [0.29, 0.717) is 5.56 Å². The number of halogens is 1. The Hall–Kier alpha value is -1.47. The van der Waals surface area contributed by atoms with Crippen LogP contribution in [0.15, 0.2) is 23.1 Å². The van der Waals surface area contributed by atoms with E-state index >= 15 is 0 Å². The van der Waals surface area contributed by atoms with E-state index in [-0.39, 0.29) is 6.61 Å². The first-order valence-corrected chi connectivity index (χ1v) is 7.21. The van der Waals surface area contributed by atoms with Crippen molar-refractivity contribution in [3.8, 4) is 0 Å². The second kappa shape index (κ2) is 6.12. The van der Waals surface area contributed by atoms with Gasteiger partial charge in [0, 0.05) is 0 Å². The van der Waals surface area contributed by atoms with Gasteiger partial charge < -0.3 is 4.74 Å². The van der Waals surface area contributed by atoms with E-state index in [9.17, 15) is 17.6 Å². The predicted octanol–water partition coefficient (Wildman–Crippen LogP) is 1.36. The third-order valence-corrected chi connectivity index (χ3v) is 3.90. The normalized spacial score (nSPS) is 13.1. The van der Waals surface area contributed by atoms with Crippen molar-refractivity contribution in [2.24, 2.45) is 0 Å². The highest BCUT2D eigenvalue weighted by Crippen LogP contribution is 2.16. The minimum atomic E-state index is -4.10. The highest BCUT2D eigenvalue weighted by atomic mass is 32.2. The molecule has 0 aliphatic heterocycles. The summed E-state index contributed by atoms with van der Waals surface area (Å²) >= 11 is 0. The third-order valence-electron chi connectivity index (χ3n) is 2.35. The van der Waals surface area contributed by atoms with Gasteiger partial charge in [0.2, 0.25) is 10.0 Å². The zero-order valence-corrected chi connectivity index (χ0v) is 11.8. The summed E-state index contributed by atoms with van der Waals surface area (Å²) in [7, 11) is -4.10. The van der Waals surface area contributed by atoms with Crippen molar-refractivity contribution < 1.29 is 22.3 Å². The standard InChI is InChI=1S/C12H16FNO4S/c1-4-18-12(15)9(3)14-19(16,17)11-7-8(2)5-6-10(11)13/h5-7,9,14H,4H2,1-3H3. The Kier molecular flexibility index (Phi) is 5.02. The van der Waals surface area contributed by atoms with E-state index in [2.05, 4.69) is 9.46 Å². The Labute approximate surface area is 111 Å². The van der Waals surface area contributed by atoms with E-state index in [1.165, 1.54) is 19.1 Å². The Bertz CT molecular complexity index is 571. The van der Waals surface area contributed by atoms with E-state index in [4.69, 9.17) is 0 Å². The minimum absolute atomic E-state index is 0.143. The average molecular weight is 289 g/mol. The minimum Gasteiger partial charge on any atom is -0.465 e. The van der Waals surface area contributed by atoms with Gasteiger partial charge in [0.25, 0.3) is 0 Å². The van der Waals surface area contributed by atoms with Gasteiger partial charge in [-0.15, -0.1) is 0 Å². The number of carbonyl (C=O) groups excluding carboxylic acids is 1. The average Bonchev–Trinajstić information content (AvgIpc) is 2.31. The summed E-state index contributed by atoms with van der Waals surface area (Å²) in [5, 5.41) is 0. The topological polar surface area (TPSA) is 72.5 Å². The number of ether oxygens (including phenoxy) is 1. The third kappa shape index (κ3) is 4.00. The van der Waals surface area contributed by atoms with Crippen molar-refractivity contribution in [3.63, 3.8) is 0 Å². The number of esters is 1. The molecule has 0 bridgehead atoms. The Balaban J connectivity index is 2.99. The van der Waals surface area contributed by atoms with Crippen LogP contribution < -0.4 is 4.72 Å². The lowest BCUT2D eigenvalue weighted by Gasteiger charge is -2.13. The van der Waals surface area contributed by atoms with Gasteiger partial charge in [-0.2, -0.15) is 4.72 Å². The molecule has 0 spiro atoms. The van der Waals surface area contributed by atoms with Gasteiger partial charge in [0.05, 0.1) is 6.61 Å². The smallest absolute Gasteiger partial charge is 0.323 e. The summed E-state index contributed by atoms with van der Waals surface area (Å²) in [4.78, 5) is 10.9. The van der Waals surface area contributed by atoms with Crippen LogP contribution in [0.3, 0.4) is 0 Å². The molecule has 1 atom stereocenters. The van der Waals surface area contributed by atoms with Crippen molar-refractivity contribution in [2.75, 3.05) is 6.61 Å². The predicted molar refractivity (Wildman–Crippen MR) is 67.6 cm³/mol. The molecule has 0 amide bonds. The molecule has 19 heavy (non-hydrogen) atoms. The SMILES string of the molecule is CCOC(=O)C(C)NS(=O)(=O)c1cc(C)ccc1F. The molecule has 1 aromatic rings. The first-order valence-electron chi connectivity index (χ1n) is 5.73. The molecule has 0 fully saturated rings. The second-order valence-corrected chi connectivity index (χ2v) is 5.71. The molecule has 0 radical (unpaired) electrons. The lowest BCUT2D eigenvalue weighted by atomic mass is 10.2. The first-order chi connectivity index (χ1) is 8.77. The van der Waals surface area contributed by atoms with Gasteiger partial charge >= 0.3 is 5.97 Å². The fourth-order valence-corrected chi connectivity index (χ4v) is 2.78. The number of hydrogen-bond donors (Lipinski definition) is 1. The van der Waals surface area contributed by atoms with E-state index in [0.717, 1.165) is 6.07 Å². The molecule has 0 heterocycles. The first kappa shape index (κ1) is 15.6. The summed E-state index contributed by atoms with van der Waals surface area (Å²) in [6, 6.07) is 2.65. The van der Waals surface area contributed by atoms with Gasteiger partial charge in [0.1, 0.15) is 16.8 Å². The van der Waals surface area contributed by atoms with Gasteiger partial charge in [-0.05, 0) is 38.5 Å². The second-order valence-electron chi connectivity index (χ2n) is 4.03. The fourth-order valence-electron chi connectivity index (χ4n) is 1.43. The van der Waals surface area contributed by atoms with Crippen LogP contribution in [-0.2, 0) is 19.6 Å². The lowest BCUT2D eigenvalue weighted by Crippen LogP contribution is -2.39. The molecular formula is C12H16FNO4S. The van der Waals surface area contributed by atoms with Crippen molar-refractivity contribution in [3.05, 3.63) is 29.6 Å². The Morgan fingerprint density at radius 1 is 1.47 bits per heavy atom. The van der Waals surface area contributed by atoms with Crippen LogP contribution in [0.4, 0.5) is 4.39 Å². The van der Waals surface area contributed by atoms with Crippen molar-refractivity contribution in [2.45, 2.75) is 31.7 Å². The monoisotopic (exact) mass is 289 g/mol. The lowest BCUT2D eigenvalue weighted by molar-refractivity contribution is -0.144. The molecular weight excluding hydrogens is 273 g/mol. The zero-order valence-electron chi connectivity index (χ0n) is 10.9. The maximum atomic E-state index is 13.5. The summed E-state index contributed by atoms with van der Waals surface area (Å²) in [6.45, 7) is 4.74. The summed E-state index contributed by atoms with van der Waals surface area (Å²) in [5.74, 6) is -1.58. The number of hydrogen-bond acceptors (Lipinski definition) is 4. The Morgan fingerprint density at radius 3 is 2.68 bits per heavy atom. The van der Waals surface area contributed by atoms with E-state index in [1.54, 1.807) is 13.8 Å². The number of carbonyl (C=O) groups is 1. The highest BCUT2D eigenvalue weighted by Gasteiger charge is 2.25. The molecule has 0 saturated carbocycles. The number of rotatable bonds is 5. The molecule has 106 valence electrons. The van der Waals surface area contributed by atoms with Crippen molar-refractivity contribution in [1.82, 2.24) is 4.72 Å². The summed E-state index contributed by atoms with van der Waals surface area (Å²) in [6.07, 6.45) is 0. The summed E-state index contributed by atoms with van der Waals surface area (Å²) < 4.78 is 44.2. The van der Waals surface area contributed by atoms with Crippen LogP contribution in [-0.4, -0.2) is 27.0 Å². The molecule has 1 N–H and O–H groups in total. The number of nitrogens with one attached hydrogen (secondary N) is 1. The summed E-state index contributed by atoms with van der Waals surface area (Å²) in [5.41, 5.74) is 0.602. The largest absolute Gasteiger partial charge is 0.465 e. The molecule has 1 aromatic carbocycles. The highest BCUT2D eigenvalue weighted by molar-refractivity contribution is 7.89. The van der Waals surface area contributed by atoms with Crippen LogP contribution in [0, 0.1) is 12.7 Å². The molecule has 0 saturated heterocycles. The molecule has 0 aliphatic carbocycles. The van der Waals surface area contributed by atoms with Gasteiger partial charge in [-0.25, -0.2) is 12.8 Å². The number of sulfonamides is 1. The Morgan fingerprint density at radius 2 is 2.11 bits per heavy atom. The van der Waals surface area contributed by atoms with E-state index < -0.39 is 32.7 Å². The van der Waals surface area contributed by atoms with Crippen LogP contribution in [0.1, 0.15) is 19.4 Å². The zero-order chi connectivity index (χ0) is 14.6. The van der Waals surface area contributed by atoms with Crippen LogP contribution >= 0.6 is 0 Å². The number of aryl methyl sites for hydroxylation is 1. The van der Waals surface area contributed by atoms with Gasteiger partial charge in [-0.1, -0.05) is 6.07 Å². The maximum Gasteiger partial charge on any atom is 0.323 e. The van der Waals surface area contributed by atoms with Crippen LogP contribution in [0.5, 0.6) is 0 Å². The molecule has 1 unspecified atom stereocenters. The van der Waals surface area contributed by atoms with E-state index in [1.807, 2.05) is 0 Å².